The molecule has 0 amide bonds. The Labute approximate surface area is 106 Å². The standard InChI is InChI=1S/C13H16N4O/c1-17-6-12(15-16-17)5-13(14)9-2-3-10-7-18-8-11(10)4-9/h2-4,6,13H,5,7-8,14H2,1H3. The van der Waals surface area contributed by atoms with E-state index in [2.05, 4.69) is 28.5 Å². The van der Waals surface area contributed by atoms with Crippen LogP contribution in [0.3, 0.4) is 0 Å². The first-order chi connectivity index (χ1) is 8.72. The molecule has 1 aliphatic heterocycles. The molecule has 0 aliphatic carbocycles. The van der Waals surface area contributed by atoms with Gasteiger partial charge >= 0.3 is 0 Å². The summed E-state index contributed by atoms with van der Waals surface area (Å²) in [5.74, 6) is 0. The molecule has 5 nitrogen and oxygen atoms in total. The Kier molecular flexibility index (Phi) is 2.85. The summed E-state index contributed by atoms with van der Waals surface area (Å²) in [4.78, 5) is 0. The molecule has 1 aliphatic rings. The van der Waals surface area contributed by atoms with Crippen LogP contribution in [0.25, 0.3) is 0 Å². The van der Waals surface area contributed by atoms with Crippen molar-refractivity contribution in [1.82, 2.24) is 15.0 Å². The number of aryl methyl sites for hydroxylation is 1. The molecule has 3 rings (SSSR count). The first kappa shape index (κ1) is 11.4. The highest BCUT2D eigenvalue weighted by Crippen LogP contribution is 2.24. The predicted octanol–water partition coefficient (Wildman–Crippen LogP) is 1.09. The van der Waals surface area contributed by atoms with Gasteiger partial charge in [-0.05, 0) is 16.7 Å². The molecule has 2 aromatic rings. The van der Waals surface area contributed by atoms with Crippen LogP contribution in [0, 0.1) is 0 Å². The first-order valence-electron chi connectivity index (χ1n) is 6.02. The van der Waals surface area contributed by atoms with E-state index in [9.17, 15) is 0 Å². The number of fused-ring (bicyclic) bond motifs is 1. The Morgan fingerprint density at radius 2 is 2.22 bits per heavy atom. The zero-order valence-electron chi connectivity index (χ0n) is 10.3. The van der Waals surface area contributed by atoms with Gasteiger partial charge in [0, 0.05) is 25.7 Å². The summed E-state index contributed by atoms with van der Waals surface area (Å²) in [5, 5.41) is 7.97. The topological polar surface area (TPSA) is 66.0 Å². The lowest BCUT2D eigenvalue weighted by molar-refractivity contribution is 0.134. The Morgan fingerprint density at radius 3 is 3.00 bits per heavy atom. The van der Waals surface area contributed by atoms with Gasteiger partial charge in [0.1, 0.15) is 0 Å². The van der Waals surface area contributed by atoms with Crippen LogP contribution in [0.1, 0.15) is 28.4 Å². The van der Waals surface area contributed by atoms with Gasteiger partial charge in [-0.2, -0.15) is 0 Å². The van der Waals surface area contributed by atoms with Gasteiger partial charge in [-0.1, -0.05) is 23.4 Å². The molecule has 0 bridgehead atoms. The number of benzene rings is 1. The van der Waals surface area contributed by atoms with E-state index in [1.165, 1.54) is 11.1 Å². The van der Waals surface area contributed by atoms with Crippen molar-refractivity contribution in [3.8, 4) is 0 Å². The van der Waals surface area contributed by atoms with Crippen LogP contribution in [-0.2, 0) is 31.4 Å². The molecule has 2 heterocycles. The average molecular weight is 244 g/mol. The zero-order valence-corrected chi connectivity index (χ0v) is 10.3. The van der Waals surface area contributed by atoms with E-state index in [-0.39, 0.29) is 6.04 Å². The Bertz CT molecular complexity index is 564. The van der Waals surface area contributed by atoms with Gasteiger partial charge in [-0.25, -0.2) is 0 Å². The van der Waals surface area contributed by atoms with E-state index in [1.54, 1.807) is 4.68 Å². The molecule has 0 spiro atoms. The molecular formula is C13H16N4O. The number of ether oxygens (including phenoxy) is 1. The van der Waals surface area contributed by atoms with Crippen LogP contribution in [0.4, 0.5) is 0 Å². The molecule has 5 heteroatoms. The molecule has 1 unspecified atom stereocenters. The van der Waals surface area contributed by atoms with Crippen molar-refractivity contribution in [2.24, 2.45) is 12.8 Å². The van der Waals surface area contributed by atoms with Crippen molar-refractivity contribution >= 4 is 0 Å². The summed E-state index contributed by atoms with van der Waals surface area (Å²) in [7, 11) is 1.86. The molecule has 0 saturated carbocycles. The van der Waals surface area contributed by atoms with Gasteiger partial charge in [0.15, 0.2) is 0 Å². The molecule has 18 heavy (non-hydrogen) atoms. The third-order valence-corrected chi connectivity index (χ3v) is 3.25. The van der Waals surface area contributed by atoms with Gasteiger partial charge in [0.2, 0.25) is 0 Å². The second-order valence-corrected chi connectivity index (χ2v) is 4.72. The highest BCUT2D eigenvalue weighted by molar-refractivity contribution is 5.34. The van der Waals surface area contributed by atoms with Crippen molar-refractivity contribution in [1.29, 1.82) is 0 Å². The van der Waals surface area contributed by atoms with Crippen LogP contribution in [-0.4, -0.2) is 15.0 Å². The minimum atomic E-state index is -0.0485. The number of nitrogens with zero attached hydrogens (tertiary/aromatic N) is 3. The summed E-state index contributed by atoms with van der Waals surface area (Å²) in [6.07, 6.45) is 2.60. The number of aromatic nitrogens is 3. The van der Waals surface area contributed by atoms with Crippen molar-refractivity contribution < 1.29 is 4.74 Å². The Hall–Kier alpha value is -1.72. The third kappa shape index (κ3) is 2.14. The van der Waals surface area contributed by atoms with E-state index >= 15 is 0 Å². The lowest BCUT2D eigenvalue weighted by atomic mass is 9.99. The van der Waals surface area contributed by atoms with Gasteiger partial charge in [0.05, 0.1) is 18.9 Å². The number of hydrogen-bond acceptors (Lipinski definition) is 4. The molecular weight excluding hydrogens is 228 g/mol. The van der Waals surface area contributed by atoms with E-state index in [0.29, 0.717) is 13.0 Å². The van der Waals surface area contributed by atoms with Crippen LogP contribution >= 0.6 is 0 Å². The van der Waals surface area contributed by atoms with Crippen LogP contribution in [0.5, 0.6) is 0 Å². The third-order valence-electron chi connectivity index (χ3n) is 3.25. The zero-order chi connectivity index (χ0) is 12.5. The van der Waals surface area contributed by atoms with Crippen molar-refractivity contribution in [3.63, 3.8) is 0 Å². The molecule has 1 atom stereocenters. The normalized spacial score (nSPS) is 15.7. The Balaban J connectivity index is 1.78. The molecule has 2 N–H and O–H groups in total. The highest BCUT2D eigenvalue weighted by Gasteiger charge is 2.15. The minimum absolute atomic E-state index is 0.0485. The molecule has 0 fully saturated rings. The second-order valence-electron chi connectivity index (χ2n) is 4.72. The first-order valence-corrected chi connectivity index (χ1v) is 6.02. The average Bonchev–Trinajstić information content (AvgIpc) is 2.96. The summed E-state index contributed by atoms with van der Waals surface area (Å²) < 4.78 is 7.10. The maximum atomic E-state index is 6.21. The maximum absolute atomic E-state index is 6.21. The fraction of sp³-hybridized carbons (Fsp3) is 0.385. The maximum Gasteiger partial charge on any atom is 0.0845 e. The predicted molar refractivity (Wildman–Crippen MR) is 66.6 cm³/mol. The molecule has 0 saturated heterocycles. The molecule has 1 aromatic carbocycles. The second kappa shape index (κ2) is 4.51. The van der Waals surface area contributed by atoms with E-state index in [0.717, 1.165) is 17.9 Å². The summed E-state index contributed by atoms with van der Waals surface area (Å²) in [5.41, 5.74) is 10.8. The quantitative estimate of drug-likeness (QED) is 0.877. The summed E-state index contributed by atoms with van der Waals surface area (Å²) in [6, 6.07) is 6.28. The largest absolute Gasteiger partial charge is 0.372 e. The lowest BCUT2D eigenvalue weighted by Gasteiger charge is -2.11. The van der Waals surface area contributed by atoms with Gasteiger partial charge in [0.25, 0.3) is 0 Å². The minimum Gasteiger partial charge on any atom is -0.372 e. The lowest BCUT2D eigenvalue weighted by Crippen LogP contribution is -2.14. The molecule has 94 valence electrons. The van der Waals surface area contributed by atoms with Gasteiger partial charge < -0.3 is 10.5 Å². The van der Waals surface area contributed by atoms with Gasteiger partial charge in [-0.3, -0.25) is 4.68 Å². The van der Waals surface area contributed by atoms with Gasteiger partial charge in [-0.15, -0.1) is 5.10 Å². The fourth-order valence-electron chi connectivity index (χ4n) is 2.25. The molecule has 0 radical (unpaired) electrons. The van der Waals surface area contributed by atoms with E-state index < -0.39 is 0 Å². The molecule has 1 aromatic heterocycles. The number of rotatable bonds is 3. The monoisotopic (exact) mass is 244 g/mol. The van der Waals surface area contributed by atoms with Crippen LogP contribution in [0.2, 0.25) is 0 Å². The van der Waals surface area contributed by atoms with Crippen molar-refractivity contribution in [2.45, 2.75) is 25.7 Å². The smallest absolute Gasteiger partial charge is 0.0845 e. The summed E-state index contributed by atoms with van der Waals surface area (Å²) in [6.45, 7) is 1.41. The SMILES string of the molecule is Cn1cc(CC(N)c2ccc3c(c2)COC3)nn1. The number of hydrogen-bond donors (Lipinski definition) is 1. The fourth-order valence-corrected chi connectivity index (χ4v) is 2.25. The van der Waals surface area contributed by atoms with Crippen LogP contribution < -0.4 is 5.73 Å². The van der Waals surface area contributed by atoms with Crippen molar-refractivity contribution in [2.75, 3.05) is 0 Å². The number of nitrogens with two attached hydrogens (primary N) is 1. The van der Waals surface area contributed by atoms with E-state index in [1.807, 2.05) is 13.2 Å². The van der Waals surface area contributed by atoms with Crippen molar-refractivity contribution in [3.05, 3.63) is 46.8 Å². The highest BCUT2D eigenvalue weighted by atomic mass is 16.5. The van der Waals surface area contributed by atoms with E-state index in [4.69, 9.17) is 10.5 Å². The summed E-state index contributed by atoms with van der Waals surface area (Å²) >= 11 is 0. The Morgan fingerprint density at radius 1 is 1.39 bits per heavy atom. The van der Waals surface area contributed by atoms with Crippen LogP contribution in [0.15, 0.2) is 24.4 Å².